The fraction of sp³-hybridized carbons (Fsp3) is 0.786. The Kier molecular flexibility index (Phi) is 6.48. The quantitative estimate of drug-likeness (QED) is 0.792. The smallest absolute Gasteiger partial charge is 0.323 e. The van der Waals surface area contributed by atoms with Crippen LogP contribution in [0.5, 0.6) is 0 Å². The van der Waals surface area contributed by atoms with Gasteiger partial charge in [0, 0.05) is 19.5 Å². The van der Waals surface area contributed by atoms with Gasteiger partial charge in [-0.25, -0.2) is 0 Å². The van der Waals surface area contributed by atoms with E-state index in [1.54, 1.807) is 11.8 Å². The van der Waals surface area contributed by atoms with Gasteiger partial charge in [-0.2, -0.15) is 0 Å². The van der Waals surface area contributed by atoms with Crippen LogP contribution in [0.15, 0.2) is 0 Å². The van der Waals surface area contributed by atoms with E-state index in [1.165, 1.54) is 4.90 Å². The molecule has 1 fully saturated rings. The highest BCUT2D eigenvalue weighted by Gasteiger charge is 2.34. The van der Waals surface area contributed by atoms with Crippen molar-refractivity contribution < 1.29 is 19.5 Å². The second kappa shape index (κ2) is 7.87. The number of carbonyl (C=O) groups excluding carboxylic acids is 2. The number of likely N-dealkylation sites (N-methyl/N-ethyl adjacent to an activating group) is 1. The minimum absolute atomic E-state index is 0.00284. The van der Waals surface area contributed by atoms with Gasteiger partial charge in [0.2, 0.25) is 11.8 Å². The van der Waals surface area contributed by atoms with Crippen molar-refractivity contribution in [2.45, 2.75) is 52.0 Å². The average molecular weight is 284 g/mol. The molecular weight excluding hydrogens is 260 g/mol. The van der Waals surface area contributed by atoms with Crippen LogP contribution >= 0.6 is 0 Å². The average Bonchev–Trinajstić information content (AvgIpc) is 2.44. The van der Waals surface area contributed by atoms with Crippen molar-refractivity contribution in [2.75, 3.05) is 19.6 Å². The summed E-state index contributed by atoms with van der Waals surface area (Å²) in [5.41, 5.74) is 0. The molecule has 1 aliphatic heterocycles. The Balaban J connectivity index is 2.80. The summed E-state index contributed by atoms with van der Waals surface area (Å²) >= 11 is 0. The molecule has 1 saturated heterocycles. The first-order valence-electron chi connectivity index (χ1n) is 7.31. The molecule has 114 valence electrons. The minimum atomic E-state index is -1.03. The summed E-state index contributed by atoms with van der Waals surface area (Å²) in [5, 5.41) is 8.85. The summed E-state index contributed by atoms with van der Waals surface area (Å²) in [7, 11) is 0. The molecule has 1 N–H and O–H groups in total. The lowest BCUT2D eigenvalue weighted by molar-refractivity contribution is -0.151. The van der Waals surface area contributed by atoms with Crippen LogP contribution in [0, 0.1) is 0 Å². The van der Waals surface area contributed by atoms with Crippen molar-refractivity contribution in [3.8, 4) is 0 Å². The number of rotatable bonds is 6. The highest BCUT2D eigenvalue weighted by Crippen LogP contribution is 2.20. The standard InChI is InChI=1S/C14H24N2O4/c1-3-7-12(17)16-9-6-5-8-11(16)14(20)15(4-2)10-13(18)19/h11H,3-10H2,1-2H3,(H,18,19). The van der Waals surface area contributed by atoms with Crippen LogP contribution in [0.4, 0.5) is 0 Å². The topological polar surface area (TPSA) is 77.9 Å². The third kappa shape index (κ3) is 4.21. The maximum Gasteiger partial charge on any atom is 0.323 e. The Bertz CT molecular complexity index is 370. The first-order chi connectivity index (χ1) is 9.51. The molecule has 0 aliphatic carbocycles. The molecule has 1 unspecified atom stereocenters. The second-order valence-electron chi connectivity index (χ2n) is 5.09. The molecule has 0 radical (unpaired) electrons. The number of nitrogens with zero attached hydrogens (tertiary/aromatic N) is 2. The third-order valence-electron chi connectivity index (χ3n) is 3.59. The largest absolute Gasteiger partial charge is 0.480 e. The van der Waals surface area contributed by atoms with Gasteiger partial charge in [-0.1, -0.05) is 6.92 Å². The Morgan fingerprint density at radius 2 is 1.95 bits per heavy atom. The number of likely N-dealkylation sites (tertiary alicyclic amines) is 1. The van der Waals surface area contributed by atoms with Crippen LogP contribution in [0.2, 0.25) is 0 Å². The normalized spacial score (nSPS) is 18.7. The number of carboxylic acid groups (broad SMARTS) is 1. The van der Waals surface area contributed by atoms with E-state index < -0.39 is 12.0 Å². The van der Waals surface area contributed by atoms with Crippen molar-refractivity contribution in [1.82, 2.24) is 9.80 Å². The summed E-state index contributed by atoms with van der Waals surface area (Å²) < 4.78 is 0. The summed E-state index contributed by atoms with van der Waals surface area (Å²) in [6.07, 6.45) is 3.63. The maximum absolute atomic E-state index is 12.5. The molecule has 0 saturated carbocycles. The van der Waals surface area contributed by atoms with Gasteiger partial charge >= 0.3 is 5.97 Å². The first-order valence-corrected chi connectivity index (χ1v) is 7.31. The molecule has 0 spiro atoms. The van der Waals surface area contributed by atoms with Crippen LogP contribution in [0.1, 0.15) is 46.0 Å². The van der Waals surface area contributed by atoms with Gasteiger partial charge in [0.05, 0.1) is 0 Å². The fourth-order valence-electron chi connectivity index (χ4n) is 2.56. The summed E-state index contributed by atoms with van der Waals surface area (Å²) in [5.74, 6) is -1.27. The molecule has 0 aromatic rings. The number of piperidine rings is 1. The Morgan fingerprint density at radius 3 is 2.50 bits per heavy atom. The predicted molar refractivity (Wildman–Crippen MR) is 74.1 cm³/mol. The van der Waals surface area contributed by atoms with Gasteiger partial charge in [0.1, 0.15) is 12.6 Å². The van der Waals surface area contributed by atoms with Gasteiger partial charge in [-0.05, 0) is 32.6 Å². The maximum atomic E-state index is 12.5. The van der Waals surface area contributed by atoms with Crippen molar-refractivity contribution in [2.24, 2.45) is 0 Å². The van der Waals surface area contributed by atoms with Gasteiger partial charge in [0.15, 0.2) is 0 Å². The molecule has 1 rings (SSSR count). The summed E-state index contributed by atoms with van der Waals surface area (Å²) in [6, 6.07) is -0.484. The minimum Gasteiger partial charge on any atom is -0.480 e. The van der Waals surface area contributed by atoms with Crippen LogP contribution in [0.3, 0.4) is 0 Å². The first kappa shape index (κ1) is 16.5. The zero-order chi connectivity index (χ0) is 15.1. The third-order valence-corrected chi connectivity index (χ3v) is 3.59. The SMILES string of the molecule is CCCC(=O)N1CCCCC1C(=O)N(CC)CC(=O)O. The van der Waals surface area contributed by atoms with Gasteiger partial charge in [0.25, 0.3) is 0 Å². The van der Waals surface area contributed by atoms with Crippen LogP contribution < -0.4 is 0 Å². The van der Waals surface area contributed by atoms with Crippen molar-refractivity contribution in [3.63, 3.8) is 0 Å². The zero-order valence-electron chi connectivity index (χ0n) is 12.3. The molecule has 2 amide bonds. The van der Waals surface area contributed by atoms with Gasteiger partial charge < -0.3 is 14.9 Å². The number of amides is 2. The van der Waals surface area contributed by atoms with Crippen molar-refractivity contribution in [3.05, 3.63) is 0 Å². The Labute approximate surface area is 119 Å². The van der Waals surface area contributed by atoms with E-state index in [0.29, 0.717) is 25.9 Å². The highest BCUT2D eigenvalue weighted by atomic mass is 16.4. The van der Waals surface area contributed by atoms with E-state index in [4.69, 9.17) is 5.11 Å². The second-order valence-corrected chi connectivity index (χ2v) is 5.09. The van der Waals surface area contributed by atoms with E-state index in [2.05, 4.69) is 0 Å². The van der Waals surface area contributed by atoms with Crippen molar-refractivity contribution in [1.29, 1.82) is 0 Å². The lowest BCUT2D eigenvalue weighted by atomic mass is 10.00. The highest BCUT2D eigenvalue weighted by molar-refractivity contribution is 5.89. The Morgan fingerprint density at radius 1 is 1.25 bits per heavy atom. The van der Waals surface area contributed by atoms with E-state index in [-0.39, 0.29) is 18.4 Å². The predicted octanol–water partition coefficient (Wildman–Crippen LogP) is 1.10. The molecule has 0 aromatic heterocycles. The lowest BCUT2D eigenvalue weighted by Gasteiger charge is -2.37. The van der Waals surface area contributed by atoms with E-state index in [1.807, 2.05) is 6.92 Å². The number of carboxylic acids is 1. The molecule has 20 heavy (non-hydrogen) atoms. The van der Waals surface area contributed by atoms with E-state index >= 15 is 0 Å². The van der Waals surface area contributed by atoms with E-state index in [9.17, 15) is 14.4 Å². The Hall–Kier alpha value is -1.59. The lowest BCUT2D eigenvalue weighted by Crippen LogP contribution is -2.53. The number of hydrogen-bond donors (Lipinski definition) is 1. The molecule has 0 aromatic carbocycles. The van der Waals surface area contributed by atoms with Crippen LogP contribution in [-0.4, -0.2) is 58.4 Å². The van der Waals surface area contributed by atoms with Crippen LogP contribution in [-0.2, 0) is 14.4 Å². The van der Waals surface area contributed by atoms with Gasteiger partial charge in [-0.15, -0.1) is 0 Å². The summed E-state index contributed by atoms with van der Waals surface area (Å²) in [4.78, 5) is 38.3. The number of carbonyl (C=O) groups is 3. The van der Waals surface area contributed by atoms with Crippen molar-refractivity contribution >= 4 is 17.8 Å². The fourth-order valence-corrected chi connectivity index (χ4v) is 2.56. The van der Waals surface area contributed by atoms with Gasteiger partial charge in [-0.3, -0.25) is 14.4 Å². The van der Waals surface area contributed by atoms with E-state index in [0.717, 1.165) is 19.3 Å². The zero-order valence-corrected chi connectivity index (χ0v) is 12.3. The van der Waals surface area contributed by atoms with Crippen LogP contribution in [0.25, 0.3) is 0 Å². The number of hydrogen-bond acceptors (Lipinski definition) is 3. The molecule has 1 atom stereocenters. The molecule has 1 heterocycles. The molecular formula is C14H24N2O4. The number of aliphatic carboxylic acids is 1. The molecule has 1 aliphatic rings. The molecule has 0 bridgehead atoms. The monoisotopic (exact) mass is 284 g/mol. The molecule has 6 heteroatoms. The molecule has 6 nitrogen and oxygen atoms in total. The summed E-state index contributed by atoms with van der Waals surface area (Å²) in [6.45, 7) is 4.32.